The highest BCUT2D eigenvalue weighted by molar-refractivity contribution is 4.48. The lowest BCUT2D eigenvalue weighted by atomic mass is 10.4. The minimum absolute atomic E-state index is 0.150. The van der Waals surface area contributed by atoms with Crippen molar-refractivity contribution in [3.05, 3.63) is 0 Å². The van der Waals surface area contributed by atoms with E-state index in [1.165, 1.54) is 0 Å². The van der Waals surface area contributed by atoms with Gasteiger partial charge < -0.3 is 5.11 Å². The minimum atomic E-state index is -0.488. The maximum Gasteiger partial charge on any atom is 0.142 e. The Kier molecular flexibility index (Phi) is 12.7. The lowest BCUT2D eigenvalue weighted by molar-refractivity contribution is -0.369. The molecule has 0 aliphatic carbocycles. The summed E-state index contributed by atoms with van der Waals surface area (Å²) in [5, 5.41) is 8.94. The second-order valence-electron chi connectivity index (χ2n) is 3.54. The molecular formula is C11H24O5. The molecule has 0 aliphatic heterocycles. The fourth-order valence-electron chi connectivity index (χ4n) is 0.845. The third kappa shape index (κ3) is 10.3. The fraction of sp³-hybridized carbons (Fsp3) is 1.00. The average molecular weight is 236 g/mol. The lowest BCUT2D eigenvalue weighted by Gasteiger charge is -2.13. The first kappa shape index (κ1) is 15.8. The van der Waals surface area contributed by atoms with Crippen molar-refractivity contribution < 1.29 is 24.7 Å². The summed E-state index contributed by atoms with van der Waals surface area (Å²) in [7, 11) is 0. The zero-order valence-electron chi connectivity index (χ0n) is 10.3. The number of hydrogen-bond acceptors (Lipinski definition) is 5. The molecular weight excluding hydrogens is 212 g/mol. The fourth-order valence-corrected chi connectivity index (χ4v) is 0.845. The van der Waals surface area contributed by atoms with Gasteiger partial charge in [0.2, 0.25) is 0 Å². The van der Waals surface area contributed by atoms with E-state index in [-0.39, 0.29) is 13.2 Å². The molecule has 0 saturated carbocycles. The van der Waals surface area contributed by atoms with E-state index in [1.807, 2.05) is 0 Å². The maximum absolute atomic E-state index is 8.94. The first-order valence-electron chi connectivity index (χ1n) is 5.98. The van der Waals surface area contributed by atoms with Gasteiger partial charge in [-0.25, -0.2) is 19.6 Å². The number of rotatable bonds is 12. The Bertz CT molecular complexity index is 132. The van der Waals surface area contributed by atoms with Crippen LogP contribution < -0.4 is 0 Å². The summed E-state index contributed by atoms with van der Waals surface area (Å²) in [6.45, 7) is 5.26. The molecule has 0 fully saturated rings. The molecule has 1 atom stereocenters. The zero-order valence-corrected chi connectivity index (χ0v) is 10.3. The number of aliphatic hydroxyl groups is 1. The van der Waals surface area contributed by atoms with Crippen molar-refractivity contribution in [3.63, 3.8) is 0 Å². The van der Waals surface area contributed by atoms with Crippen LogP contribution in [0.25, 0.3) is 0 Å². The molecule has 5 heteroatoms. The van der Waals surface area contributed by atoms with Crippen molar-refractivity contribution in [1.29, 1.82) is 0 Å². The van der Waals surface area contributed by atoms with E-state index in [0.717, 1.165) is 25.7 Å². The molecule has 0 bridgehead atoms. The topological polar surface area (TPSA) is 57.2 Å². The largest absolute Gasteiger partial charge is 0.393 e. The van der Waals surface area contributed by atoms with Crippen LogP contribution >= 0.6 is 0 Å². The second-order valence-corrected chi connectivity index (χ2v) is 3.54. The molecule has 1 N–H and O–H groups in total. The molecule has 98 valence electrons. The molecule has 0 aromatic heterocycles. The Morgan fingerprint density at radius 2 is 1.56 bits per heavy atom. The Hall–Kier alpha value is -0.200. The smallest absolute Gasteiger partial charge is 0.142 e. The van der Waals surface area contributed by atoms with Crippen molar-refractivity contribution >= 4 is 0 Å². The van der Waals surface area contributed by atoms with E-state index >= 15 is 0 Å². The van der Waals surface area contributed by atoms with Crippen molar-refractivity contribution in [2.45, 2.75) is 45.6 Å². The van der Waals surface area contributed by atoms with Crippen molar-refractivity contribution in [1.82, 2.24) is 0 Å². The van der Waals surface area contributed by atoms with Gasteiger partial charge in [0.25, 0.3) is 0 Å². The first-order chi connectivity index (χ1) is 7.85. The highest BCUT2D eigenvalue weighted by atomic mass is 17.2. The van der Waals surface area contributed by atoms with Crippen LogP contribution in [-0.4, -0.2) is 37.6 Å². The van der Waals surface area contributed by atoms with Crippen LogP contribution in [0.4, 0.5) is 0 Å². The molecule has 1 unspecified atom stereocenters. The van der Waals surface area contributed by atoms with Gasteiger partial charge in [0.1, 0.15) is 12.7 Å². The van der Waals surface area contributed by atoms with Crippen LogP contribution in [-0.2, 0) is 19.6 Å². The molecule has 0 aliphatic rings. The molecule has 0 saturated heterocycles. The summed E-state index contributed by atoms with van der Waals surface area (Å²) < 4.78 is 0. The third-order valence-electron chi connectivity index (χ3n) is 1.91. The van der Waals surface area contributed by atoms with Crippen molar-refractivity contribution in [2.24, 2.45) is 0 Å². The summed E-state index contributed by atoms with van der Waals surface area (Å²) in [6.07, 6.45) is 3.51. The van der Waals surface area contributed by atoms with Crippen molar-refractivity contribution in [2.75, 3.05) is 26.4 Å². The summed E-state index contributed by atoms with van der Waals surface area (Å²) >= 11 is 0. The summed E-state index contributed by atoms with van der Waals surface area (Å²) in [5.41, 5.74) is 0. The average Bonchev–Trinajstić information content (AvgIpc) is 2.31. The first-order valence-corrected chi connectivity index (χ1v) is 5.98. The monoisotopic (exact) mass is 236 g/mol. The van der Waals surface area contributed by atoms with Gasteiger partial charge >= 0.3 is 0 Å². The van der Waals surface area contributed by atoms with Gasteiger partial charge in [-0.05, 0) is 12.8 Å². The van der Waals surface area contributed by atoms with Gasteiger partial charge in [-0.15, -0.1) is 0 Å². The summed E-state index contributed by atoms with van der Waals surface area (Å²) in [4.78, 5) is 19.6. The molecule has 0 spiro atoms. The van der Waals surface area contributed by atoms with Gasteiger partial charge in [-0.3, -0.25) is 0 Å². The quantitative estimate of drug-likeness (QED) is 0.318. The van der Waals surface area contributed by atoms with Crippen LogP contribution in [0.2, 0.25) is 0 Å². The Morgan fingerprint density at radius 1 is 0.938 bits per heavy atom. The second kappa shape index (κ2) is 12.9. The highest BCUT2D eigenvalue weighted by Crippen LogP contribution is 1.97. The molecule has 0 radical (unpaired) electrons. The van der Waals surface area contributed by atoms with Crippen LogP contribution in [0.3, 0.4) is 0 Å². The van der Waals surface area contributed by atoms with Crippen LogP contribution in [0.5, 0.6) is 0 Å². The molecule has 0 aromatic rings. The van der Waals surface area contributed by atoms with Gasteiger partial charge in [-0.2, -0.15) is 0 Å². The van der Waals surface area contributed by atoms with Gasteiger partial charge in [-0.1, -0.05) is 26.7 Å². The normalized spacial score (nSPS) is 12.9. The Labute approximate surface area is 97.5 Å². The molecule has 0 rings (SSSR count). The van der Waals surface area contributed by atoms with Gasteiger partial charge in [0.15, 0.2) is 0 Å². The summed E-state index contributed by atoms with van der Waals surface area (Å²) in [6, 6.07) is 0. The number of unbranched alkanes of at least 4 members (excludes halogenated alkanes) is 2. The minimum Gasteiger partial charge on any atom is -0.393 e. The van der Waals surface area contributed by atoms with E-state index in [2.05, 4.69) is 13.8 Å². The molecule has 5 nitrogen and oxygen atoms in total. The van der Waals surface area contributed by atoms with Crippen LogP contribution in [0.1, 0.15) is 39.5 Å². The molecule has 16 heavy (non-hydrogen) atoms. The SMILES string of the molecule is CCCCOOCC(CO)OOCCCC. The Balaban J connectivity index is 3.29. The van der Waals surface area contributed by atoms with Crippen LogP contribution in [0, 0.1) is 0 Å². The van der Waals surface area contributed by atoms with E-state index in [1.54, 1.807) is 0 Å². The van der Waals surface area contributed by atoms with Crippen molar-refractivity contribution in [3.8, 4) is 0 Å². The molecule has 0 aromatic carbocycles. The van der Waals surface area contributed by atoms with E-state index in [9.17, 15) is 0 Å². The predicted molar refractivity (Wildman–Crippen MR) is 59.6 cm³/mol. The van der Waals surface area contributed by atoms with E-state index in [4.69, 9.17) is 24.7 Å². The molecule has 0 amide bonds. The highest BCUT2D eigenvalue weighted by Gasteiger charge is 2.09. The summed E-state index contributed by atoms with van der Waals surface area (Å²) in [5.74, 6) is 0. The standard InChI is InChI=1S/C11H24O5/c1-3-5-7-13-15-10-11(9-12)16-14-8-6-4-2/h11-12H,3-10H2,1-2H3. The zero-order chi connectivity index (χ0) is 12.1. The maximum atomic E-state index is 8.94. The van der Waals surface area contributed by atoms with E-state index in [0.29, 0.717) is 13.2 Å². The van der Waals surface area contributed by atoms with Gasteiger partial charge in [0.05, 0.1) is 19.8 Å². The van der Waals surface area contributed by atoms with Gasteiger partial charge in [0, 0.05) is 0 Å². The lowest BCUT2D eigenvalue weighted by Crippen LogP contribution is -2.24. The number of aliphatic hydroxyl groups excluding tert-OH is 1. The predicted octanol–water partition coefficient (Wildman–Crippen LogP) is 1.84. The Morgan fingerprint density at radius 3 is 2.12 bits per heavy atom. The van der Waals surface area contributed by atoms with E-state index < -0.39 is 6.10 Å². The third-order valence-corrected chi connectivity index (χ3v) is 1.91. The molecule has 0 heterocycles. The van der Waals surface area contributed by atoms with Crippen LogP contribution in [0.15, 0.2) is 0 Å². The number of hydrogen-bond donors (Lipinski definition) is 1.